The van der Waals surface area contributed by atoms with E-state index in [9.17, 15) is 18.0 Å². The predicted octanol–water partition coefficient (Wildman–Crippen LogP) is 3.88. The lowest BCUT2D eigenvalue weighted by Crippen LogP contribution is -2.37. The average Bonchev–Trinajstić information content (AvgIpc) is 2.48. The third-order valence-electron chi connectivity index (χ3n) is 3.30. The SMILES string of the molecule is Cc1ccc(-c2ccc(CCNC(=O)C(F)(F)F)cc2)cc1. The second-order valence-corrected chi connectivity index (χ2v) is 5.07. The summed E-state index contributed by atoms with van der Waals surface area (Å²) in [6.45, 7) is 1.98. The number of hydrogen-bond acceptors (Lipinski definition) is 1. The van der Waals surface area contributed by atoms with Crippen molar-refractivity contribution < 1.29 is 18.0 Å². The van der Waals surface area contributed by atoms with Crippen LogP contribution in [0.4, 0.5) is 13.2 Å². The van der Waals surface area contributed by atoms with E-state index in [2.05, 4.69) is 0 Å². The van der Waals surface area contributed by atoms with Crippen LogP contribution in [0, 0.1) is 6.92 Å². The third-order valence-corrected chi connectivity index (χ3v) is 3.30. The van der Waals surface area contributed by atoms with Gasteiger partial charge in [-0.3, -0.25) is 4.79 Å². The lowest BCUT2D eigenvalue weighted by Gasteiger charge is -2.08. The Hall–Kier alpha value is -2.30. The molecule has 0 saturated carbocycles. The minimum Gasteiger partial charge on any atom is -0.348 e. The smallest absolute Gasteiger partial charge is 0.348 e. The normalized spacial score (nSPS) is 11.3. The van der Waals surface area contributed by atoms with Crippen molar-refractivity contribution in [1.29, 1.82) is 0 Å². The lowest BCUT2D eigenvalue weighted by atomic mass is 10.0. The molecular weight excluding hydrogens is 291 g/mol. The van der Waals surface area contributed by atoms with Crippen LogP contribution in [0.2, 0.25) is 0 Å². The Labute approximate surface area is 127 Å². The van der Waals surface area contributed by atoms with Crippen LogP contribution in [0.25, 0.3) is 11.1 Å². The second kappa shape index (κ2) is 6.64. The maximum atomic E-state index is 12.0. The first kappa shape index (κ1) is 16.1. The monoisotopic (exact) mass is 307 g/mol. The van der Waals surface area contributed by atoms with Crippen LogP contribution in [0.5, 0.6) is 0 Å². The number of halogens is 3. The molecule has 0 aromatic heterocycles. The number of hydrogen-bond donors (Lipinski definition) is 1. The van der Waals surface area contributed by atoms with Gasteiger partial charge < -0.3 is 5.32 Å². The Balaban J connectivity index is 1.92. The number of carbonyl (C=O) groups is 1. The summed E-state index contributed by atoms with van der Waals surface area (Å²) in [6, 6.07) is 15.6. The average molecular weight is 307 g/mol. The largest absolute Gasteiger partial charge is 0.471 e. The number of rotatable bonds is 4. The van der Waals surface area contributed by atoms with Gasteiger partial charge in [0.15, 0.2) is 0 Å². The minimum atomic E-state index is -4.82. The summed E-state index contributed by atoms with van der Waals surface area (Å²) < 4.78 is 36.1. The summed E-state index contributed by atoms with van der Waals surface area (Å²) in [5.74, 6) is -1.90. The van der Waals surface area contributed by atoms with Crippen molar-refractivity contribution in [2.75, 3.05) is 6.54 Å². The number of aryl methyl sites for hydroxylation is 1. The molecule has 2 nitrogen and oxygen atoms in total. The van der Waals surface area contributed by atoms with Crippen LogP contribution >= 0.6 is 0 Å². The van der Waals surface area contributed by atoms with Gasteiger partial charge in [-0.1, -0.05) is 54.1 Å². The highest BCUT2D eigenvalue weighted by molar-refractivity contribution is 5.81. The summed E-state index contributed by atoms with van der Waals surface area (Å²) in [5.41, 5.74) is 4.18. The molecule has 2 rings (SSSR count). The Bertz CT molecular complexity index is 630. The maximum absolute atomic E-state index is 12.0. The second-order valence-electron chi connectivity index (χ2n) is 5.07. The fourth-order valence-corrected chi connectivity index (χ4v) is 2.03. The molecule has 0 bridgehead atoms. The van der Waals surface area contributed by atoms with E-state index in [1.165, 1.54) is 5.56 Å². The van der Waals surface area contributed by atoms with Gasteiger partial charge in [0.25, 0.3) is 0 Å². The summed E-state index contributed by atoms with van der Waals surface area (Å²) in [7, 11) is 0. The first-order valence-electron chi connectivity index (χ1n) is 6.87. The van der Waals surface area contributed by atoms with E-state index in [1.807, 2.05) is 60.8 Å². The number of amides is 1. The van der Waals surface area contributed by atoms with Gasteiger partial charge in [0.1, 0.15) is 0 Å². The highest BCUT2D eigenvalue weighted by Gasteiger charge is 2.38. The molecule has 0 fully saturated rings. The Morgan fingerprint density at radius 3 is 1.95 bits per heavy atom. The molecule has 0 heterocycles. The van der Waals surface area contributed by atoms with Crippen molar-refractivity contribution in [2.45, 2.75) is 19.5 Å². The zero-order valence-electron chi connectivity index (χ0n) is 12.1. The molecule has 0 unspecified atom stereocenters. The van der Waals surface area contributed by atoms with Crippen molar-refractivity contribution in [3.05, 3.63) is 59.7 Å². The topological polar surface area (TPSA) is 29.1 Å². The Morgan fingerprint density at radius 1 is 0.955 bits per heavy atom. The molecule has 1 N–H and O–H groups in total. The molecule has 22 heavy (non-hydrogen) atoms. The summed E-state index contributed by atoms with van der Waals surface area (Å²) >= 11 is 0. The molecule has 0 spiro atoms. The summed E-state index contributed by atoms with van der Waals surface area (Å²) in [5, 5.41) is 1.86. The number of nitrogens with one attached hydrogen (secondary N) is 1. The molecule has 2 aromatic rings. The molecule has 0 atom stereocenters. The molecule has 1 amide bonds. The van der Waals surface area contributed by atoms with Crippen molar-refractivity contribution in [1.82, 2.24) is 5.32 Å². The van der Waals surface area contributed by atoms with E-state index in [4.69, 9.17) is 0 Å². The van der Waals surface area contributed by atoms with E-state index in [1.54, 1.807) is 0 Å². The van der Waals surface area contributed by atoms with Gasteiger partial charge >= 0.3 is 12.1 Å². The first-order chi connectivity index (χ1) is 10.4. The molecule has 116 valence electrons. The van der Waals surface area contributed by atoms with Gasteiger partial charge in [-0.15, -0.1) is 0 Å². The van der Waals surface area contributed by atoms with Gasteiger partial charge in [-0.25, -0.2) is 0 Å². The molecule has 2 aromatic carbocycles. The summed E-state index contributed by atoms with van der Waals surface area (Å²) in [4.78, 5) is 10.7. The zero-order valence-corrected chi connectivity index (χ0v) is 12.1. The molecule has 0 saturated heterocycles. The summed E-state index contributed by atoms with van der Waals surface area (Å²) in [6.07, 6.45) is -4.47. The van der Waals surface area contributed by atoms with Crippen LogP contribution in [0.1, 0.15) is 11.1 Å². The molecule has 0 aliphatic heterocycles. The van der Waals surface area contributed by atoms with Gasteiger partial charge in [0.05, 0.1) is 0 Å². The fourth-order valence-electron chi connectivity index (χ4n) is 2.03. The van der Waals surface area contributed by atoms with Crippen molar-refractivity contribution in [3.63, 3.8) is 0 Å². The van der Waals surface area contributed by atoms with E-state index in [0.717, 1.165) is 16.7 Å². The van der Waals surface area contributed by atoms with Gasteiger partial charge in [0, 0.05) is 6.54 Å². The van der Waals surface area contributed by atoms with E-state index in [0.29, 0.717) is 6.42 Å². The van der Waals surface area contributed by atoms with Crippen molar-refractivity contribution >= 4 is 5.91 Å². The van der Waals surface area contributed by atoms with Crippen LogP contribution in [-0.2, 0) is 11.2 Å². The van der Waals surface area contributed by atoms with E-state index >= 15 is 0 Å². The predicted molar refractivity (Wildman–Crippen MR) is 79.4 cm³/mol. The standard InChI is InChI=1S/C17H16F3NO/c1-12-2-6-14(7-3-12)15-8-4-13(5-9-15)10-11-21-16(22)17(18,19)20/h2-9H,10-11H2,1H3,(H,21,22). The first-order valence-corrected chi connectivity index (χ1v) is 6.87. The molecule has 0 radical (unpaired) electrons. The van der Waals surface area contributed by atoms with Crippen LogP contribution in [-0.4, -0.2) is 18.6 Å². The maximum Gasteiger partial charge on any atom is 0.471 e. The van der Waals surface area contributed by atoms with Crippen LogP contribution < -0.4 is 5.32 Å². The van der Waals surface area contributed by atoms with Gasteiger partial charge in [-0.2, -0.15) is 13.2 Å². The van der Waals surface area contributed by atoms with Gasteiger partial charge in [-0.05, 0) is 30.0 Å². The zero-order chi connectivity index (χ0) is 16.2. The lowest BCUT2D eigenvalue weighted by molar-refractivity contribution is -0.173. The quantitative estimate of drug-likeness (QED) is 0.912. The van der Waals surface area contributed by atoms with Crippen molar-refractivity contribution in [2.24, 2.45) is 0 Å². The van der Waals surface area contributed by atoms with E-state index in [-0.39, 0.29) is 6.54 Å². The third kappa shape index (κ3) is 4.35. The molecule has 0 aliphatic carbocycles. The number of benzene rings is 2. The highest BCUT2D eigenvalue weighted by Crippen LogP contribution is 2.20. The van der Waals surface area contributed by atoms with Crippen LogP contribution in [0.3, 0.4) is 0 Å². The number of carbonyl (C=O) groups excluding carboxylic acids is 1. The van der Waals surface area contributed by atoms with Crippen LogP contribution in [0.15, 0.2) is 48.5 Å². The highest BCUT2D eigenvalue weighted by atomic mass is 19.4. The molecular formula is C17H16F3NO. The number of alkyl halides is 3. The van der Waals surface area contributed by atoms with E-state index < -0.39 is 12.1 Å². The van der Waals surface area contributed by atoms with Crippen molar-refractivity contribution in [3.8, 4) is 11.1 Å². The van der Waals surface area contributed by atoms with Gasteiger partial charge in [0.2, 0.25) is 0 Å². The Morgan fingerprint density at radius 2 is 1.45 bits per heavy atom. The molecule has 5 heteroatoms. The molecule has 0 aliphatic rings. The minimum absolute atomic E-state index is 0.0395. The Kier molecular flexibility index (Phi) is 4.85. The fraction of sp³-hybridized carbons (Fsp3) is 0.235.